The van der Waals surface area contributed by atoms with Gasteiger partial charge in [0.2, 0.25) is 0 Å². The zero-order chi connectivity index (χ0) is 9.84. The highest BCUT2D eigenvalue weighted by molar-refractivity contribution is 5.08. The van der Waals surface area contributed by atoms with Gasteiger partial charge in [0.25, 0.3) is 0 Å². The van der Waals surface area contributed by atoms with Crippen molar-refractivity contribution in [1.82, 2.24) is 4.90 Å². The Kier molecular flexibility index (Phi) is 3.91. The first-order chi connectivity index (χ1) is 6.15. The van der Waals surface area contributed by atoms with E-state index in [2.05, 4.69) is 24.8 Å². The van der Waals surface area contributed by atoms with Crippen LogP contribution in [0.25, 0.3) is 0 Å². The lowest BCUT2D eigenvalue weighted by Crippen LogP contribution is -2.32. The lowest BCUT2D eigenvalue weighted by molar-refractivity contribution is 0.213. The minimum absolute atomic E-state index is 0.132. The fraction of sp³-hybridized carbons (Fsp3) is 0.818. The number of nitrogens with zero attached hydrogens (tertiary/aromatic N) is 1. The average Bonchev–Trinajstić information content (AvgIpc) is 2.27. The molecule has 0 aromatic heterocycles. The van der Waals surface area contributed by atoms with Crippen molar-refractivity contribution in [2.45, 2.75) is 32.7 Å². The third-order valence-corrected chi connectivity index (χ3v) is 2.95. The summed E-state index contributed by atoms with van der Waals surface area (Å²) in [6, 6.07) is 0.132. The molecule has 1 unspecified atom stereocenters. The average molecular weight is 185 g/mol. The minimum atomic E-state index is -0.213. The SMILES string of the molecule is CC(C)C1=CCN(C)C(CF)CC1. The fourth-order valence-electron chi connectivity index (χ4n) is 1.79. The molecular weight excluding hydrogens is 165 g/mol. The predicted molar refractivity (Wildman–Crippen MR) is 54.5 cm³/mol. The quantitative estimate of drug-likeness (QED) is 0.598. The van der Waals surface area contributed by atoms with Gasteiger partial charge >= 0.3 is 0 Å². The van der Waals surface area contributed by atoms with Gasteiger partial charge in [-0.3, -0.25) is 4.90 Å². The maximum atomic E-state index is 12.6. The van der Waals surface area contributed by atoms with Gasteiger partial charge < -0.3 is 0 Å². The standard InChI is InChI=1S/C11H20FN/c1-9(2)10-4-5-11(8-12)13(3)7-6-10/h6,9,11H,4-5,7-8H2,1-3H3. The Bertz CT molecular complexity index is 187. The van der Waals surface area contributed by atoms with Gasteiger partial charge in [0.15, 0.2) is 0 Å². The smallest absolute Gasteiger partial charge is 0.105 e. The second-order valence-electron chi connectivity index (χ2n) is 4.22. The molecular formula is C11H20FN. The summed E-state index contributed by atoms with van der Waals surface area (Å²) in [5.74, 6) is 0.617. The number of rotatable bonds is 2. The van der Waals surface area contributed by atoms with E-state index in [9.17, 15) is 4.39 Å². The van der Waals surface area contributed by atoms with Crippen LogP contribution in [0.3, 0.4) is 0 Å². The molecule has 13 heavy (non-hydrogen) atoms. The molecule has 2 heteroatoms. The molecule has 0 saturated heterocycles. The third kappa shape index (κ3) is 2.80. The molecule has 1 aliphatic heterocycles. The van der Waals surface area contributed by atoms with Crippen LogP contribution >= 0.6 is 0 Å². The van der Waals surface area contributed by atoms with Gasteiger partial charge in [-0.15, -0.1) is 0 Å². The molecule has 0 radical (unpaired) electrons. The summed E-state index contributed by atoms with van der Waals surface area (Å²) >= 11 is 0. The van der Waals surface area contributed by atoms with Crippen LogP contribution in [-0.4, -0.2) is 31.2 Å². The summed E-state index contributed by atoms with van der Waals surface area (Å²) < 4.78 is 12.6. The van der Waals surface area contributed by atoms with E-state index >= 15 is 0 Å². The normalized spacial score (nSPS) is 25.9. The van der Waals surface area contributed by atoms with Crippen LogP contribution < -0.4 is 0 Å². The molecule has 1 nitrogen and oxygen atoms in total. The molecule has 0 saturated carbocycles. The van der Waals surface area contributed by atoms with Crippen LogP contribution in [0.2, 0.25) is 0 Å². The lowest BCUT2D eigenvalue weighted by Gasteiger charge is -2.21. The van der Waals surface area contributed by atoms with E-state index in [1.807, 2.05) is 7.05 Å². The van der Waals surface area contributed by atoms with Crippen LogP contribution in [0.4, 0.5) is 4.39 Å². The minimum Gasteiger partial charge on any atom is -0.297 e. The van der Waals surface area contributed by atoms with Crippen molar-refractivity contribution in [3.63, 3.8) is 0 Å². The van der Waals surface area contributed by atoms with Crippen LogP contribution in [0, 0.1) is 5.92 Å². The summed E-state index contributed by atoms with van der Waals surface area (Å²) in [7, 11) is 2.00. The molecule has 1 heterocycles. The zero-order valence-electron chi connectivity index (χ0n) is 8.89. The maximum Gasteiger partial charge on any atom is 0.105 e. The van der Waals surface area contributed by atoms with Gasteiger partial charge in [-0.25, -0.2) is 4.39 Å². The zero-order valence-corrected chi connectivity index (χ0v) is 8.89. The molecule has 1 rings (SSSR count). The van der Waals surface area contributed by atoms with Crippen molar-refractivity contribution in [3.8, 4) is 0 Å². The molecule has 0 fully saturated rings. The molecule has 0 amide bonds. The Balaban J connectivity index is 2.58. The molecule has 1 aliphatic rings. The number of alkyl halides is 1. The monoisotopic (exact) mass is 185 g/mol. The van der Waals surface area contributed by atoms with Crippen LogP contribution in [0.15, 0.2) is 11.6 Å². The highest BCUT2D eigenvalue weighted by Gasteiger charge is 2.18. The van der Waals surface area contributed by atoms with Gasteiger partial charge in [0, 0.05) is 12.6 Å². The largest absolute Gasteiger partial charge is 0.297 e. The maximum absolute atomic E-state index is 12.6. The number of halogens is 1. The first-order valence-corrected chi connectivity index (χ1v) is 5.10. The van der Waals surface area contributed by atoms with E-state index in [0.29, 0.717) is 5.92 Å². The molecule has 76 valence electrons. The first-order valence-electron chi connectivity index (χ1n) is 5.10. The van der Waals surface area contributed by atoms with E-state index in [1.165, 1.54) is 5.57 Å². The predicted octanol–water partition coefficient (Wildman–Crippen LogP) is 2.63. The Morgan fingerprint density at radius 3 is 2.85 bits per heavy atom. The van der Waals surface area contributed by atoms with Crippen LogP contribution in [-0.2, 0) is 0 Å². The first kappa shape index (κ1) is 10.7. The third-order valence-electron chi connectivity index (χ3n) is 2.95. The Morgan fingerprint density at radius 2 is 2.31 bits per heavy atom. The van der Waals surface area contributed by atoms with Gasteiger partial charge in [-0.05, 0) is 25.8 Å². The van der Waals surface area contributed by atoms with Gasteiger partial charge in [0.05, 0.1) is 0 Å². The Morgan fingerprint density at radius 1 is 1.62 bits per heavy atom. The Labute approximate surface area is 80.6 Å². The highest BCUT2D eigenvalue weighted by atomic mass is 19.1. The van der Waals surface area contributed by atoms with E-state index in [1.54, 1.807) is 0 Å². The molecule has 0 N–H and O–H groups in total. The summed E-state index contributed by atoms with van der Waals surface area (Å²) in [6.07, 6.45) is 4.30. The van der Waals surface area contributed by atoms with Crippen LogP contribution in [0.1, 0.15) is 26.7 Å². The summed E-state index contributed by atoms with van der Waals surface area (Å²) in [5, 5.41) is 0. The molecule has 0 aliphatic carbocycles. The number of hydrogen-bond acceptors (Lipinski definition) is 1. The van der Waals surface area contributed by atoms with Crippen molar-refractivity contribution in [2.75, 3.05) is 20.3 Å². The molecule has 0 spiro atoms. The van der Waals surface area contributed by atoms with Crippen molar-refractivity contribution in [3.05, 3.63) is 11.6 Å². The number of hydrogen-bond donors (Lipinski definition) is 0. The molecule has 0 aromatic carbocycles. The van der Waals surface area contributed by atoms with Gasteiger partial charge in [-0.1, -0.05) is 25.5 Å². The second-order valence-corrected chi connectivity index (χ2v) is 4.22. The molecule has 1 atom stereocenters. The summed E-state index contributed by atoms with van der Waals surface area (Å²) in [6.45, 7) is 5.11. The number of likely N-dealkylation sites (N-methyl/N-ethyl adjacent to an activating group) is 1. The summed E-state index contributed by atoms with van der Waals surface area (Å²) in [5.41, 5.74) is 1.49. The van der Waals surface area contributed by atoms with E-state index in [-0.39, 0.29) is 12.7 Å². The van der Waals surface area contributed by atoms with Crippen molar-refractivity contribution >= 4 is 0 Å². The van der Waals surface area contributed by atoms with Crippen molar-refractivity contribution in [2.24, 2.45) is 5.92 Å². The van der Waals surface area contributed by atoms with Crippen molar-refractivity contribution in [1.29, 1.82) is 0 Å². The van der Waals surface area contributed by atoms with Gasteiger partial charge in [0.1, 0.15) is 6.67 Å². The van der Waals surface area contributed by atoms with Gasteiger partial charge in [-0.2, -0.15) is 0 Å². The fourth-order valence-corrected chi connectivity index (χ4v) is 1.79. The van der Waals surface area contributed by atoms with Crippen molar-refractivity contribution < 1.29 is 4.39 Å². The van der Waals surface area contributed by atoms with E-state index < -0.39 is 0 Å². The number of allylic oxidation sites excluding steroid dienone is 1. The van der Waals surface area contributed by atoms with E-state index in [4.69, 9.17) is 0 Å². The highest BCUT2D eigenvalue weighted by Crippen LogP contribution is 2.22. The van der Waals surface area contributed by atoms with Crippen LogP contribution in [0.5, 0.6) is 0 Å². The molecule has 0 bridgehead atoms. The molecule has 0 aromatic rings. The Hall–Kier alpha value is -0.370. The second kappa shape index (κ2) is 4.75. The topological polar surface area (TPSA) is 3.24 Å². The lowest BCUT2D eigenvalue weighted by atomic mass is 9.97. The van der Waals surface area contributed by atoms with E-state index in [0.717, 1.165) is 19.4 Å². The summed E-state index contributed by atoms with van der Waals surface area (Å²) in [4.78, 5) is 2.11.